The van der Waals surface area contributed by atoms with Crippen molar-refractivity contribution in [2.24, 2.45) is 16.6 Å². The number of nitrogens with two attached hydrogens (primary N) is 1. The summed E-state index contributed by atoms with van der Waals surface area (Å²) in [5, 5.41) is 0. The molecule has 0 saturated carbocycles. The van der Waals surface area contributed by atoms with Crippen LogP contribution in [0.3, 0.4) is 0 Å². The van der Waals surface area contributed by atoms with Crippen LogP contribution < -0.4 is 5.73 Å². The Labute approximate surface area is 103 Å². The molecule has 2 aliphatic rings. The number of amides is 1. The minimum atomic E-state index is -0.420. The number of hydrogen-bond acceptors (Lipinski definition) is 3. The number of rotatable bonds is 2. The second kappa shape index (κ2) is 4.58. The van der Waals surface area contributed by atoms with Crippen molar-refractivity contribution in [3.63, 3.8) is 0 Å². The van der Waals surface area contributed by atoms with E-state index in [4.69, 9.17) is 10.5 Å². The molecule has 98 valence electrons. The Morgan fingerprint density at radius 2 is 2.00 bits per heavy atom. The molecule has 0 unspecified atom stereocenters. The molecule has 4 nitrogen and oxygen atoms in total. The molecule has 0 bridgehead atoms. The first-order valence-corrected chi connectivity index (χ1v) is 6.56. The van der Waals surface area contributed by atoms with Crippen molar-refractivity contribution in [3.8, 4) is 0 Å². The lowest BCUT2D eigenvalue weighted by Crippen LogP contribution is -2.45. The molecule has 4 heteroatoms. The standard InChI is InChI=1S/C13H24N2O2/c1-12(2,9-14)11(16)15-6-3-13(10-15)4-7-17-8-5-13/h3-10,14H2,1-2H3. The quantitative estimate of drug-likeness (QED) is 0.783. The van der Waals surface area contributed by atoms with Crippen molar-refractivity contribution >= 4 is 5.91 Å². The van der Waals surface area contributed by atoms with Gasteiger partial charge in [0.05, 0.1) is 5.41 Å². The van der Waals surface area contributed by atoms with Gasteiger partial charge in [-0.1, -0.05) is 0 Å². The molecule has 2 saturated heterocycles. The molecule has 17 heavy (non-hydrogen) atoms. The normalized spacial score (nSPS) is 24.3. The Kier molecular flexibility index (Phi) is 3.46. The predicted octanol–water partition coefficient (Wildman–Crippen LogP) is 1.00. The lowest BCUT2D eigenvalue weighted by molar-refractivity contribution is -0.139. The third-order valence-corrected chi connectivity index (χ3v) is 4.37. The van der Waals surface area contributed by atoms with Crippen LogP contribution in [0.5, 0.6) is 0 Å². The molecule has 1 spiro atoms. The van der Waals surface area contributed by atoms with E-state index in [9.17, 15) is 4.79 Å². The van der Waals surface area contributed by atoms with Gasteiger partial charge in [-0.3, -0.25) is 4.79 Å². The minimum Gasteiger partial charge on any atom is -0.381 e. The van der Waals surface area contributed by atoms with E-state index >= 15 is 0 Å². The summed E-state index contributed by atoms with van der Waals surface area (Å²) in [6.07, 6.45) is 3.32. The molecule has 2 heterocycles. The first-order chi connectivity index (χ1) is 7.99. The van der Waals surface area contributed by atoms with Crippen molar-refractivity contribution in [2.75, 3.05) is 32.8 Å². The SMILES string of the molecule is CC(C)(CN)C(=O)N1CCC2(CCOCC2)C1. The van der Waals surface area contributed by atoms with Crippen LogP contribution in [0.1, 0.15) is 33.1 Å². The van der Waals surface area contributed by atoms with Gasteiger partial charge in [-0.25, -0.2) is 0 Å². The summed E-state index contributed by atoms with van der Waals surface area (Å²) < 4.78 is 5.42. The van der Waals surface area contributed by atoms with E-state index in [0.717, 1.165) is 45.6 Å². The Morgan fingerprint density at radius 1 is 1.35 bits per heavy atom. The highest BCUT2D eigenvalue weighted by Gasteiger charge is 2.43. The van der Waals surface area contributed by atoms with Gasteiger partial charge in [-0.2, -0.15) is 0 Å². The fourth-order valence-electron chi connectivity index (χ4n) is 2.84. The van der Waals surface area contributed by atoms with E-state index in [2.05, 4.69) is 0 Å². The molecule has 2 N–H and O–H groups in total. The van der Waals surface area contributed by atoms with Gasteiger partial charge in [-0.15, -0.1) is 0 Å². The number of hydrogen-bond donors (Lipinski definition) is 1. The van der Waals surface area contributed by atoms with Gasteiger partial charge < -0.3 is 15.4 Å². The molecule has 0 aromatic heterocycles. The number of ether oxygens (including phenoxy) is 1. The second-order valence-electron chi connectivity index (χ2n) is 6.18. The fraction of sp³-hybridized carbons (Fsp3) is 0.923. The van der Waals surface area contributed by atoms with Crippen LogP contribution in [0.4, 0.5) is 0 Å². The van der Waals surface area contributed by atoms with Gasteiger partial charge in [-0.05, 0) is 38.5 Å². The van der Waals surface area contributed by atoms with E-state index in [1.165, 1.54) is 0 Å². The van der Waals surface area contributed by atoms with Crippen LogP contribution >= 0.6 is 0 Å². The van der Waals surface area contributed by atoms with E-state index < -0.39 is 5.41 Å². The smallest absolute Gasteiger partial charge is 0.229 e. The molecule has 2 rings (SSSR count). The van der Waals surface area contributed by atoms with Crippen molar-refractivity contribution in [1.82, 2.24) is 4.90 Å². The summed E-state index contributed by atoms with van der Waals surface area (Å²) in [5.74, 6) is 0.211. The first kappa shape index (κ1) is 12.8. The highest BCUT2D eigenvalue weighted by molar-refractivity contribution is 5.82. The zero-order chi connectivity index (χ0) is 12.5. The number of carbonyl (C=O) groups excluding carboxylic acids is 1. The first-order valence-electron chi connectivity index (χ1n) is 6.56. The number of nitrogens with zero attached hydrogens (tertiary/aromatic N) is 1. The largest absolute Gasteiger partial charge is 0.381 e. The van der Waals surface area contributed by atoms with Crippen molar-refractivity contribution in [2.45, 2.75) is 33.1 Å². The van der Waals surface area contributed by atoms with Gasteiger partial charge in [0.2, 0.25) is 5.91 Å². The maximum absolute atomic E-state index is 12.3. The Bertz CT molecular complexity index is 296. The van der Waals surface area contributed by atoms with Crippen LogP contribution in [0.2, 0.25) is 0 Å². The molecule has 2 fully saturated rings. The topological polar surface area (TPSA) is 55.6 Å². The third kappa shape index (κ3) is 2.47. The van der Waals surface area contributed by atoms with E-state index in [1.807, 2.05) is 18.7 Å². The average Bonchev–Trinajstić information content (AvgIpc) is 2.73. The van der Waals surface area contributed by atoms with Gasteiger partial charge in [0, 0.05) is 32.8 Å². The van der Waals surface area contributed by atoms with Gasteiger partial charge in [0.1, 0.15) is 0 Å². The van der Waals surface area contributed by atoms with Gasteiger partial charge >= 0.3 is 0 Å². The molecule has 0 aromatic rings. The van der Waals surface area contributed by atoms with Crippen molar-refractivity contribution in [3.05, 3.63) is 0 Å². The molecular formula is C13H24N2O2. The van der Waals surface area contributed by atoms with E-state index in [-0.39, 0.29) is 5.91 Å². The number of likely N-dealkylation sites (tertiary alicyclic amines) is 1. The monoisotopic (exact) mass is 240 g/mol. The van der Waals surface area contributed by atoms with Gasteiger partial charge in [0.15, 0.2) is 0 Å². The summed E-state index contributed by atoms with van der Waals surface area (Å²) in [6, 6.07) is 0. The lowest BCUT2D eigenvalue weighted by atomic mass is 9.79. The maximum Gasteiger partial charge on any atom is 0.229 e. The van der Waals surface area contributed by atoms with Gasteiger partial charge in [0.25, 0.3) is 0 Å². The van der Waals surface area contributed by atoms with Crippen molar-refractivity contribution in [1.29, 1.82) is 0 Å². The predicted molar refractivity (Wildman–Crippen MR) is 66.5 cm³/mol. The van der Waals surface area contributed by atoms with Crippen LogP contribution in [-0.4, -0.2) is 43.7 Å². The summed E-state index contributed by atoms with van der Waals surface area (Å²) >= 11 is 0. The molecule has 0 radical (unpaired) electrons. The second-order valence-corrected chi connectivity index (χ2v) is 6.18. The summed E-state index contributed by atoms with van der Waals surface area (Å²) in [7, 11) is 0. The molecule has 1 amide bonds. The van der Waals surface area contributed by atoms with Crippen LogP contribution in [-0.2, 0) is 9.53 Å². The summed E-state index contributed by atoms with van der Waals surface area (Å²) in [6.45, 7) is 7.78. The van der Waals surface area contributed by atoms with Crippen LogP contribution in [0.25, 0.3) is 0 Å². The molecular weight excluding hydrogens is 216 g/mol. The molecule has 2 aliphatic heterocycles. The zero-order valence-electron chi connectivity index (χ0n) is 11.0. The minimum absolute atomic E-state index is 0.211. The molecule has 0 atom stereocenters. The van der Waals surface area contributed by atoms with E-state index in [0.29, 0.717) is 12.0 Å². The zero-order valence-corrected chi connectivity index (χ0v) is 11.0. The molecule has 0 aromatic carbocycles. The summed E-state index contributed by atoms with van der Waals surface area (Å²) in [4.78, 5) is 14.4. The molecule has 0 aliphatic carbocycles. The highest BCUT2D eigenvalue weighted by atomic mass is 16.5. The number of carbonyl (C=O) groups is 1. The highest BCUT2D eigenvalue weighted by Crippen LogP contribution is 2.40. The fourth-order valence-corrected chi connectivity index (χ4v) is 2.84. The maximum atomic E-state index is 12.3. The Morgan fingerprint density at radius 3 is 2.59 bits per heavy atom. The van der Waals surface area contributed by atoms with Crippen molar-refractivity contribution < 1.29 is 9.53 Å². The Balaban J connectivity index is 2.00. The lowest BCUT2D eigenvalue weighted by Gasteiger charge is -2.34. The summed E-state index contributed by atoms with van der Waals surface area (Å²) in [5.41, 5.74) is 5.59. The average molecular weight is 240 g/mol. The third-order valence-electron chi connectivity index (χ3n) is 4.37. The van der Waals surface area contributed by atoms with Crippen LogP contribution in [0, 0.1) is 10.8 Å². The Hall–Kier alpha value is -0.610. The van der Waals surface area contributed by atoms with Crippen LogP contribution in [0.15, 0.2) is 0 Å². The van der Waals surface area contributed by atoms with E-state index in [1.54, 1.807) is 0 Å².